The number of aryl methyl sites for hydroxylation is 1. The highest BCUT2D eigenvalue weighted by Crippen LogP contribution is 2.25. The Kier molecular flexibility index (Phi) is 4.45. The van der Waals surface area contributed by atoms with Crippen LogP contribution in [0.1, 0.15) is 20.8 Å². The molecule has 6 heteroatoms. The Balaban J connectivity index is 2.23. The smallest absolute Gasteiger partial charge is 0.255 e. The fraction of sp³-hybridized carbons (Fsp3) is 0.214. The van der Waals surface area contributed by atoms with E-state index in [1.54, 1.807) is 23.3 Å². The van der Waals surface area contributed by atoms with Crippen molar-refractivity contribution in [1.82, 2.24) is 4.90 Å². The molecule has 0 saturated heterocycles. The van der Waals surface area contributed by atoms with Crippen LogP contribution in [-0.4, -0.2) is 17.9 Å². The monoisotopic (exact) mass is 356 g/mol. The quantitative estimate of drug-likeness (QED) is 0.849. The summed E-state index contributed by atoms with van der Waals surface area (Å²) in [5.74, 6) is -0.735. The van der Waals surface area contributed by atoms with Gasteiger partial charge in [0.05, 0.1) is 17.8 Å². The number of rotatable bonds is 3. The van der Waals surface area contributed by atoms with Crippen molar-refractivity contribution in [2.24, 2.45) is 0 Å². The first-order chi connectivity index (χ1) is 9.40. The van der Waals surface area contributed by atoms with Gasteiger partial charge in [-0.2, -0.15) is 0 Å². The predicted molar refractivity (Wildman–Crippen MR) is 83.4 cm³/mol. The van der Waals surface area contributed by atoms with Crippen molar-refractivity contribution in [3.63, 3.8) is 0 Å². The minimum atomic E-state index is -0.537. The number of anilines is 1. The van der Waals surface area contributed by atoms with Gasteiger partial charge in [0.2, 0.25) is 0 Å². The van der Waals surface area contributed by atoms with Crippen LogP contribution in [0.5, 0.6) is 0 Å². The van der Waals surface area contributed by atoms with Crippen molar-refractivity contribution in [1.29, 1.82) is 0 Å². The van der Waals surface area contributed by atoms with Gasteiger partial charge in [-0.15, -0.1) is 11.3 Å². The molecule has 0 radical (unpaired) electrons. The lowest BCUT2D eigenvalue weighted by Gasteiger charge is -2.18. The Morgan fingerprint density at radius 2 is 2.20 bits per heavy atom. The van der Waals surface area contributed by atoms with Gasteiger partial charge in [0, 0.05) is 16.4 Å². The highest BCUT2D eigenvalue weighted by Gasteiger charge is 2.18. The van der Waals surface area contributed by atoms with Gasteiger partial charge in [-0.05, 0) is 52.0 Å². The Morgan fingerprint density at radius 1 is 1.50 bits per heavy atom. The second-order valence-corrected chi connectivity index (χ2v) is 6.40. The minimum Gasteiger partial charge on any atom is -0.396 e. The maximum Gasteiger partial charge on any atom is 0.255 e. The summed E-state index contributed by atoms with van der Waals surface area (Å²) in [6, 6.07) is 4.59. The molecule has 0 aliphatic heterocycles. The molecule has 0 fully saturated rings. The molecule has 20 heavy (non-hydrogen) atoms. The van der Waals surface area contributed by atoms with Crippen LogP contribution in [0.3, 0.4) is 0 Å². The molecule has 2 N–H and O–H groups in total. The van der Waals surface area contributed by atoms with Crippen LogP contribution in [0.4, 0.5) is 10.1 Å². The standard InChI is InChI=1S/C14H14BrFN2OS/c1-8-3-4-20-13(8)7-18(2)14(19)9-5-12(17)11(16)6-10(9)15/h3-6H,7,17H2,1-2H3. The number of hydrogen-bond acceptors (Lipinski definition) is 3. The maximum atomic E-state index is 13.3. The van der Waals surface area contributed by atoms with E-state index in [-0.39, 0.29) is 11.6 Å². The molecular formula is C14H14BrFN2OS. The molecule has 2 aromatic rings. The number of carbonyl (C=O) groups is 1. The largest absolute Gasteiger partial charge is 0.396 e. The fourth-order valence-corrected chi connectivity index (χ4v) is 3.23. The van der Waals surface area contributed by atoms with Crippen molar-refractivity contribution >= 4 is 38.9 Å². The van der Waals surface area contributed by atoms with Gasteiger partial charge in [-0.1, -0.05) is 0 Å². The molecule has 0 atom stereocenters. The molecular weight excluding hydrogens is 343 g/mol. The van der Waals surface area contributed by atoms with E-state index in [0.717, 1.165) is 10.4 Å². The van der Waals surface area contributed by atoms with Crippen LogP contribution in [0.2, 0.25) is 0 Å². The molecule has 0 saturated carbocycles. The fourth-order valence-electron chi connectivity index (χ4n) is 1.79. The summed E-state index contributed by atoms with van der Waals surface area (Å²) in [7, 11) is 1.72. The lowest BCUT2D eigenvalue weighted by atomic mass is 10.1. The molecule has 1 aromatic carbocycles. The van der Waals surface area contributed by atoms with Gasteiger partial charge in [0.1, 0.15) is 5.82 Å². The van der Waals surface area contributed by atoms with Crippen molar-refractivity contribution < 1.29 is 9.18 Å². The van der Waals surface area contributed by atoms with E-state index in [1.807, 2.05) is 18.4 Å². The predicted octanol–water partition coefficient (Wildman–Crippen LogP) is 3.81. The van der Waals surface area contributed by atoms with Crippen molar-refractivity contribution in [2.45, 2.75) is 13.5 Å². The lowest BCUT2D eigenvalue weighted by molar-refractivity contribution is 0.0785. The summed E-state index contributed by atoms with van der Waals surface area (Å²) in [5.41, 5.74) is 7.01. The highest BCUT2D eigenvalue weighted by atomic mass is 79.9. The van der Waals surface area contributed by atoms with Gasteiger partial charge in [0.25, 0.3) is 5.91 Å². The average molecular weight is 357 g/mol. The van der Waals surface area contributed by atoms with Crippen LogP contribution in [0.15, 0.2) is 28.1 Å². The molecule has 0 aliphatic rings. The summed E-state index contributed by atoms with van der Waals surface area (Å²) < 4.78 is 13.7. The van der Waals surface area contributed by atoms with Gasteiger partial charge in [-0.25, -0.2) is 4.39 Å². The third-order valence-corrected chi connectivity index (χ3v) is 4.68. The third-order valence-electron chi connectivity index (χ3n) is 3.01. The Labute approximate surface area is 129 Å². The molecule has 2 rings (SSSR count). The SMILES string of the molecule is Cc1ccsc1CN(C)C(=O)c1cc(N)c(F)cc1Br. The number of halogens is 2. The Morgan fingerprint density at radius 3 is 2.80 bits per heavy atom. The molecule has 106 valence electrons. The Bertz CT molecular complexity index is 657. The van der Waals surface area contributed by atoms with E-state index >= 15 is 0 Å². The van der Waals surface area contributed by atoms with Gasteiger partial charge in [-0.3, -0.25) is 4.79 Å². The van der Waals surface area contributed by atoms with Crippen molar-refractivity contribution in [3.8, 4) is 0 Å². The van der Waals surface area contributed by atoms with E-state index < -0.39 is 5.82 Å². The number of carbonyl (C=O) groups excluding carboxylic acids is 1. The van der Waals surface area contributed by atoms with E-state index in [0.29, 0.717) is 16.6 Å². The van der Waals surface area contributed by atoms with Gasteiger partial charge in [0.15, 0.2) is 0 Å². The molecule has 1 aromatic heterocycles. The van der Waals surface area contributed by atoms with Crippen LogP contribution in [0.25, 0.3) is 0 Å². The van der Waals surface area contributed by atoms with Crippen molar-refractivity contribution in [2.75, 3.05) is 12.8 Å². The normalized spacial score (nSPS) is 10.6. The summed E-state index contributed by atoms with van der Waals surface area (Å²) in [6.45, 7) is 2.53. The number of thiophene rings is 1. The zero-order valence-corrected chi connectivity index (χ0v) is 13.5. The van der Waals surface area contributed by atoms with Crippen LogP contribution >= 0.6 is 27.3 Å². The molecule has 3 nitrogen and oxygen atoms in total. The summed E-state index contributed by atoms with van der Waals surface area (Å²) in [5, 5.41) is 1.99. The zero-order chi connectivity index (χ0) is 14.9. The topological polar surface area (TPSA) is 46.3 Å². The van der Waals surface area contributed by atoms with E-state index in [1.165, 1.54) is 12.1 Å². The first-order valence-electron chi connectivity index (χ1n) is 5.93. The second kappa shape index (κ2) is 5.93. The van der Waals surface area contributed by atoms with E-state index in [9.17, 15) is 9.18 Å². The molecule has 1 heterocycles. The van der Waals surface area contributed by atoms with Gasteiger partial charge < -0.3 is 10.6 Å². The molecule has 0 bridgehead atoms. The van der Waals surface area contributed by atoms with E-state index in [2.05, 4.69) is 15.9 Å². The van der Waals surface area contributed by atoms with Crippen LogP contribution < -0.4 is 5.73 Å². The van der Waals surface area contributed by atoms with Crippen LogP contribution in [-0.2, 0) is 6.54 Å². The lowest BCUT2D eigenvalue weighted by Crippen LogP contribution is -2.26. The summed E-state index contributed by atoms with van der Waals surface area (Å²) >= 11 is 4.81. The number of nitrogens with zero attached hydrogens (tertiary/aromatic N) is 1. The number of nitrogens with two attached hydrogens (primary N) is 1. The summed E-state index contributed by atoms with van der Waals surface area (Å²) in [6.07, 6.45) is 0. The van der Waals surface area contributed by atoms with E-state index in [4.69, 9.17) is 5.73 Å². The number of nitrogen functional groups attached to an aromatic ring is 1. The average Bonchev–Trinajstić information content (AvgIpc) is 2.78. The molecule has 0 aliphatic carbocycles. The number of hydrogen-bond donors (Lipinski definition) is 1. The van der Waals surface area contributed by atoms with Gasteiger partial charge >= 0.3 is 0 Å². The second-order valence-electron chi connectivity index (χ2n) is 4.54. The summed E-state index contributed by atoms with van der Waals surface area (Å²) in [4.78, 5) is 15.1. The molecule has 0 spiro atoms. The minimum absolute atomic E-state index is 0.0303. The van der Waals surface area contributed by atoms with Crippen LogP contribution in [0, 0.1) is 12.7 Å². The number of amides is 1. The number of benzene rings is 1. The third kappa shape index (κ3) is 3.02. The highest BCUT2D eigenvalue weighted by molar-refractivity contribution is 9.10. The molecule has 0 unspecified atom stereocenters. The maximum absolute atomic E-state index is 13.3. The first kappa shape index (κ1) is 15.0. The zero-order valence-electron chi connectivity index (χ0n) is 11.1. The first-order valence-corrected chi connectivity index (χ1v) is 7.60. The molecule has 1 amide bonds. The van der Waals surface area contributed by atoms with Crippen molar-refractivity contribution in [3.05, 3.63) is 49.9 Å². The Hall–Kier alpha value is -1.40.